The van der Waals surface area contributed by atoms with Crippen LogP contribution >= 0.6 is 11.3 Å². The van der Waals surface area contributed by atoms with Gasteiger partial charge < -0.3 is 15.7 Å². The van der Waals surface area contributed by atoms with Gasteiger partial charge in [0.05, 0.1) is 17.6 Å². The molecule has 0 aromatic carbocycles. The second kappa shape index (κ2) is 3.89. The number of nitrogens with zero attached hydrogens (tertiary/aromatic N) is 1. The second-order valence-electron chi connectivity index (χ2n) is 2.86. The molecule has 12 heavy (non-hydrogen) atoms. The van der Waals surface area contributed by atoms with Gasteiger partial charge in [0.1, 0.15) is 0 Å². The number of aliphatic hydroxyl groups excluding tert-OH is 1. The Morgan fingerprint density at radius 2 is 2.25 bits per heavy atom. The quantitative estimate of drug-likeness (QED) is 0.734. The minimum absolute atomic E-state index is 0.00732. The van der Waals surface area contributed by atoms with Crippen molar-refractivity contribution in [2.24, 2.45) is 5.73 Å². The summed E-state index contributed by atoms with van der Waals surface area (Å²) in [7, 11) is 3.97. The van der Waals surface area contributed by atoms with E-state index in [1.807, 2.05) is 31.1 Å². The molecule has 1 rings (SSSR count). The zero-order valence-corrected chi connectivity index (χ0v) is 8.14. The summed E-state index contributed by atoms with van der Waals surface area (Å²) in [5.41, 5.74) is 5.65. The van der Waals surface area contributed by atoms with E-state index in [2.05, 4.69) is 0 Å². The molecule has 0 bridgehead atoms. The maximum atomic E-state index is 8.80. The van der Waals surface area contributed by atoms with Crippen molar-refractivity contribution in [1.29, 1.82) is 0 Å². The Balaban J connectivity index is 2.77. The molecule has 3 nitrogen and oxygen atoms in total. The van der Waals surface area contributed by atoms with Gasteiger partial charge >= 0.3 is 0 Å². The summed E-state index contributed by atoms with van der Waals surface area (Å²) in [4.78, 5) is 3.05. The zero-order valence-electron chi connectivity index (χ0n) is 7.32. The van der Waals surface area contributed by atoms with Gasteiger partial charge in [0.25, 0.3) is 0 Å². The summed E-state index contributed by atoms with van der Waals surface area (Å²) in [6.07, 6.45) is 0. The molecule has 1 aromatic heterocycles. The molecule has 0 spiro atoms. The van der Waals surface area contributed by atoms with Crippen LogP contribution in [0.2, 0.25) is 0 Å². The number of rotatable bonds is 3. The molecule has 0 saturated heterocycles. The average Bonchev–Trinajstić information content (AvgIpc) is 2.51. The van der Waals surface area contributed by atoms with Gasteiger partial charge in [-0.15, -0.1) is 11.3 Å². The van der Waals surface area contributed by atoms with E-state index >= 15 is 0 Å². The SMILES string of the molecule is CN(C)c1ccc([C@H](N)CO)s1. The normalized spacial score (nSPS) is 13.0. The smallest absolute Gasteiger partial charge is 0.0906 e. The number of nitrogens with two attached hydrogens (primary N) is 1. The van der Waals surface area contributed by atoms with Crippen LogP contribution in [0, 0.1) is 0 Å². The predicted octanol–water partition coefficient (Wildman–Crippen LogP) is 0.806. The Morgan fingerprint density at radius 1 is 1.58 bits per heavy atom. The van der Waals surface area contributed by atoms with Gasteiger partial charge in [-0.3, -0.25) is 0 Å². The van der Waals surface area contributed by atoms with Crippen molar-refractivity contribution < 1.29 is 5.11 Å². The molecular formula is C8H14N2OS. The highest BCUT2D eigenvalue weighted by molar-refractivity contribution is 7.16. The third-order valence-corrected chi connectivity index (χ3v) is 3.00. The molecule has 1 atom stereocenters. The highest BCUT2D eigenvalue weighted by atomic mass is 32.1. The maximum absolute atomic E-state index is 8.80. The van der Waals surface area contributed by atoms with Gasteiger partial charge in [-0.2, -0.15) is 0 Å². The molecule has 0 amide bonds. The summed E-state index contributed by atoms with van der Waals surface area (Å²) in [6.45, 7) is 0.00732. The van der Waals surface area contributed by atoms with Crippen molar-refractivity contribution in [1.82, 2.24) is 0 Å². The fourth-order valence-electron chi connectivity index (χ4n) is 0.872. The Hall–Kier alpha value is -0.580. The summed E-state index contributed by atoms with van der Waals surface area (Å²) >= 11 is 1.61. The first-order valence-electron chi connectivity index (χ1n) is 3.78. The third-order valence-electron chi connectivity index (χ3n) is 1.62. The van der Waals surface area contributed by atoms with Gasteiger partial charge in [0.15, 0.2) is 0 Å². The maximum Gasteiger partial charge on any atom is 0.0906 e. The van der Waals surface area contributed by atoms with Crippen molar-refractivity contribution >= 4 is 16.3 Å². The number of hydrogen-bond acceptors (Lipinski definition) is 4. The molecule has 1 heterocycles. The van der Waals surface area contributed by atoms with E-state index < -0.39 is 0 Å². The molecule has 0 unspecified atom stereocenters. The first kappa shape index (κ1) is 9.51. The van der Waals surface area contributed by atoms with E-state index in [9.17, 15) is 0 Å². The average molecular weight is 186 g/mol. The van der Waals surface area contributed by atoms with E-state index in [0.29, 0.717) is 0 Å². The highest BCUT2D eigenvalue weighted by Crippen LogP contribution is 2.27. The largest absolute Gasteiger partial charge is 0.394 e. The minimum atomic E-state index is -0.233. The van der Waals surface area contributed by atoms with E-state index in [0.717, 1.165) is 9.88 Å². The fraction of sp³-hybridized carbons (Fsp3) is 0.500. The van der Waals surface area contributed by atoms with E-state index in [1.54, 1.807) is 11.3 Å². The van der Waals surface area contributed by atoms with Crippen LogP contribution in [0.4, 0.5) is 5.00 Å². The lowest BCUT2D eigenvalue weighted by molar-refractivity contribution is 0.269. The summed E-state index contributed by atoms with van der Waals surface area (Å²) in [5.74, 6) is 0. The van der Waals surface area contributed by atoms with Crippen LogP contribution in [0.5, 0.6) is 0 Å². The van der Waals surface area contributed by atoms with Crippen LogP contribution in [-0.4, -0.2) is 25.8 Å². The van der Waals surface area contributed by atoms with Crippen molar-refractivity contribution in [3.8, 4) is 0 Å². The van der Waals surface area contributed by atoms with Crippen LogP contribution < -0.4 is 10.6 Å². The molecule has 0 fully saturated rings. The van der Waals surface area contributed by atoms with Gasteiger partial charge in [0, 0.05) is 19.0 Å². The lowest BCUT2D eigenvalue weighted by Crippen LogP contribution is -2.12. The second-order valence-corrected chi connectivity index (χ2v) is 3.95. The van der Waals surface area contributed by atoms with Crippen LogP contribution in [0.15, 0.2) is 12.1 Å². The number of thiophene rings is 1. The van der Waals surface area contributed by atoms with Crippen LogP contribution in [0.25, 0.3) is 0 Å². The molecule has 3 N–H and O–H groups in total. The summed E-state index contributed by atoms with van der Waals surface area (Å²) in [6, 6.07) is 3.74. The summed E-state index contributed by atoms with van der Waals surface area (Å²) < 4.78 is 0. The standard InChI is InChI=1S/C8H14N2OS/c1-10(2)8-4-3-7(12-8)6(9)5-11/h3-4,6,11H,5,9H2,1-2H3/t6-/m1/s1. The Kier molecular flexibility index (Phi) is 3.08. The predicted molar refractivity (Wildman–Crippen MR) is 52.7 cm³/mol. The number of aliphatic hydroxyl groups is 1. The highest BCUT2D eigenvalue weighted by Gasteiger charge is 2.08. The first-order valence-corrected chi connectivity index (χ1v) is 4.60. The Labute approximate surface area is 76.4 Å². The number of anilines is 1. The van der Waals surface area contributed by atoms with Gasteiger partial charge in [-0.25, -0.2) is 0 Å². The van der Waals surface area contributed by atoms with Crippen molar-refractivity contribution in [2.45, 2.75) is 6.04 Å². The third kappa shape index (κ3) is 1.97. The van der Waals surface area contributed by atoms with Crippen LogP contribution in [0.1, 0.15) is 10.9 Å². The lowest BCUT2D eigenvalue weighted by Gasteiger charge is -2.08. The number of hydrogen-bond donors (Lipinski definition) is 2. The van der Waals surface area contributed by atoms with Crippen LogP contribution in [-0.2, 0) is 0 Å². The fourth-order valence-corrected chi connectivity index (χ4v) is 1.79. The molecule has 68 valence electrons. The molecule has 0 aliphatic heterocycles. The van der Waals surface area contributed by atoms with Gasteiger partial charge in [-0.05, 0) is 12.1 Å². The molecule has 1 aromatic rings. The molecular weight excluding hydrogens is 172 g/mol. The zero-order chi connectivity index (χ0) is 9.14. The van der Waals surface area contributed by atoms with E-state index in [-0.39, 0.29) is 12.6 Å². The minimum Gasteiger partial charge on any atom is -0.394 e. The van der Waals surface area contributed by atoms with Crippen LogP contribution in [0.3, 0.4) is 0 Å². The molecule has 0 radical (unpaired) electrons. The Bertz CT molecular complexity index is 247. The monoisotopic (exact) mass is 186 g/mol. The van der Waals surface area contributed by atoms with Gasteiger partial charge in [-0.1, -0.05) is 0 Å². The molecule has 0 aliphatic rings. The first-order chi connectivity index (χ1) is 5.65. The lowest BCUT2D eigenvalue weighted by atomic mass is 10.3. The Morgan fingerprint density at radius 3 is 2.67 bits per heavy atom. The van der Waals surface area contributed by atoms with Crippen molar-refractivity contribution in [3.05, 3.63) is 17.0 Å². The topological polar surface area (TPSA) is 49.5 Å². The summed E-state index contributed by atoms with van der Waals surface area (Å²) in [5, 5.41) is 9.97. The van der Waals surface area contributed by atoms with E-state index in [4.69, 9.17) is 10.8 Å². The van der Waals surface area contributed by atoms with Crippen molar-refractivity contribution in [2.75, 3.05) is 25.6 Å². The van der Waals surface area contributed by atoms with E-state index in [1.165, 1.54) is 0 Å². The molecule has 0 saturated carbocycles. The van der Waals surface area contributed by atoms with Crippen molar-refractivity contribution in [3.63, 3.8) is 0 Å². The van der Waals surface area contributed by atoms with Gasteiger partial charge in [0.2, 0.25) is 0 Å². The molecule has 0 aliphatic carbocycles. The molecule has 4 heteroatoms.